The summed E-state index contributed by atoms with van der Waals surface area (Å²) >= 11 is 1.37. The number of nitrogens with zero attached hydrogens (tertiary/aromatic N) is 1. The number of ether oxygens (including phenoxy) is 2. The van der Waals surface area contributed by atoms with Gasteiger partial charge in [0, 0.05) is 4.88 Å². The van der Waals surface area contributed by atoms with E-state index in [0.29, 0.717) is 10.2 Å². The Hall–Kier alpha value is -2.81. The highest BCUT2D eigenvalue weighted by Gasteiger charge is 2.22. The van der Waals surface area contributed by atoms with E-state index in [1.807, 2.05) is 13.8 Å². The predicted molar refractivity (Wildman–Crippen MR) is 96.6 cm³/mol. The monoisotopic (exact) mass is 394 g/mol. The predicted octanol–water partition coefficient (Wildman–Crippen LogP) is 4.12. The quantitative estimate of drug-likeness (QED) is 0.659. The highest BCUT2D eigenvalue weighted by molar-refractivity contribution is 7.18. The average molecular weight is 394 g/mol. The van der Waals surface area contributed by atoms with Gasteiger partial charge in [0.15, 0.2) is 11.9 Å². The molecular formula is C18H16F2N2O4S. The van der Waals surface area contributed by atoms with Gasteiger partial charge in [0.25, 0.3) is 5.56 Å². The van der Waals surface area contributed by atoms with Gasteiger partial charge in [-0.1, -0.05) is 12.1 Å². The van der Waals surface area contributed by atoms with Crippen molar-refractivity contribution in [2.45, 2.75) is 33.5 Å². The van der Waals surface area contributed by atoms with Crippen LogP contribution in [0.1, 0.15) is 39.7 Å². The second-order valence-corrected chi connectivity index (χ2v) is 7.04. The number of aromatic amines is 1. The van der Waals surface area contributed by atoms with Gasteiger partial charge in [-0.2, -0.15) is 8.78 Å². The topological polar surface area (TPSA) is 81.3 Å². The number of hydrogen-bond acceptors (Lipinski definition) is 6. The van der Waals surface area contributed by atoms with Crippen molar-refractivity contribution in [1.82, 2.24) is 9.97 Å². The van der Waals surface area contributed by atoms with E-state index in [1.54, 1.807) is 0 Å². The fraction of sp³-hybridized carbons (Fsp3) is 0.278. The van der Waals surface area contributed by atoms with Gasteiger partial charge in [-0.15, -0.1) is 11.3 Å². The maximum Gasteiger partial charge on any atom is 0.387 e. The van der Waals surface area contributed by atoms with Crippen molar-refractivity contribution in [2.24, 2.45) is 0 Å². The summed E-state index contributed by atoms with van der Waals surface area (Å²) in [4.78, 5) is 33.2. The summed E-state index contributed by atoms with van der Waals surface area (Å²) < 4.78 is 34.6. The normalized spacial score (nSPS) is 12.4. The van der Waals surface area contributed by atoms with E-state index in [-0.39, 0.29) is 22.7 Å². The summed E-state index contributed by atoms with van der Waals surface area (Å²) in [6, 6.07) is 5.53. The van der Waals surface area contributed by atoms with Crippen molar-refractivity contribution < 1.29 is 23.0 Å². The van der Waals surface area contributed by atoms with Crippen LogP contribution in [0.4, 0.5) is 8.78 Å². The van der Waals surface area contributed by atoms with E-state index in [0.717, 1.165) is 10.4 Å². The van der Waals surface area contributed by atoms with E-state index in [4.69, 9.17) is 4.74 Å². The summed E-state index contributed by atoms with van der Waals surface area (Å²) in [5.74, 6) is -0.972. The van der Waals surface area contributed by atoms with Crippen LogP contribution in [0.2, 0.25) is 0 Å². The standard InChI is InChI=1S/C18H16F2N2O4S/c1-8-10(3)27-16-13(8)15(23)21-14(22-16)9(2)25-17(24)11-6-4-5-7-12(11)26-18(19)20/h4-7,9,18H,1-3H3,(H,21,22,23)/t9-/m0/s1. The molecule has 9 heteroatoms. The van der Waals surface area contributed by atoms with Crippen LogP contribution in [0, 0.1) is 13.8 Å². The molecule has 2 aromatic heterocycles. The number of aryl methyl sites for hydroxylation is 2. The third-order valence-corrected chi connectivity index (χ3v) is 5.15. The van der Waals surface area contributed by atoms with Crippen LogP contribution in [0.25, 0.3) is 10.2 Å². The molecule has 2 heterocycles. The first-order chi connectivity index (χ1) is 12.8. The van der Waals surface area contributed by atoms with E-state index >= 15 is 0 Å². The molecule has 3 aromatic rings. The molecule has 0 spiro atoms. The molecule has 142 valence electrons. The first kappa shape index (κ1) is 19.0. The van der Waals surface area contributed by atoms with E-state index in [2.05, 4.69) is 14.7 Å². The zero-order valence-corrected chi connectivity index (χ0v) is 15.5. The smallest absolute Gasteiger partial charge is 0.387 e. The van der Waals surface area contributed by atoms with Gasteiger partial charge in [0.05, 0.1) is 5.39 Å². The molecule has 0 bridgehead atoms. The highest BCUT2D eigenvalue weighted by atomic mass is 32.1. The molecule has 0 aliphatic carbocycles. The Balaban J connectivity index is 1.88. The van der Waals surface area contributed by atoms with Crippen LogP contribution in [0.5, 0.6) is 5.75 Å². The lowest BCUT2D eigenvalue weighted by Gasteiger charge is -2.14. The van der Waals surface area contributed by atoms with Crippen LogP contribution in [0.15, 0.2) is 29.1 Å². The second-order valence-electron chi connectivity index (χ2n) is 5.84. The minimum Gasteiger partial charge on any atom is -0.451 e. The molecule has 0 saturated heterocycles. The number of hydrogen-bond donors (Lipinski definition) is 1. The molecule has 1 aromatic carbocycles. The Bertz CT molecular complexity index is 1060. The summed E-state index contributed by atoms with van der Waals surface area (Å²) in [7, 11) is 0. The van der Waals surface area contributed by atoms with Gasteiger partial charge in [0.2, 0.25) is 0 Å². The third-order valence-electron chi connectivity index (χ3n) is 4.05. The molecule has 0 aliphatic rings. The molecule has 0 radical (unpaired) electrons. The molecule has 3 rings (SSSR count). The first-order valence-electron chi connectivity index (χ1n) is 8.02. The first-order valence-corrected chi connectivity index (χ1v) is 8.84. The third kappa shape index (κ3) is 3.82. The molecule has 0 saturated carbocycles. The number of para-hydroxylation sites is 1. The molecular weight excluding hydrogens is 378 g/mol. The number of rotatable bonds is 5. The van der Waals surface area contributed by atoms with Gasteiger partial charge in [-0.25, -0.2) is 9.78 Å². The van der Waals surface area contributed by atoms with Crippen molar-refractivity contribution in [2.75, 3.05) is 0 Å². The fourth-order valence-electron chi connectivity index (χ4n) is 2.58. The lowest BCUT2D eigenvalue weighted by molar-refractivity contribution is -0.0506. The summed E-state index contributed by atoms with van der Waals surface area (Å²) in [5, 5.41) is 0.510. The molecule has 0 amide bonds. The van der Waals surface area contributed by atoms with Gasteiger partial charge >= 0.3 is 12.6 Å². The number of nitrogens with one attached hydrogen (secondary N) is 1. The molecule has 27 heavy (non-hydrogen) atoms. The van der Waals surface area contributed by atoms with Crippen LogP contribution >= 0.6 is 11.3 Å². The number of carbonyl (C=O) groups excluding carboxylic acids is 1. The number of esters is 1. The molecule has 1 N–H and O–H groups in total. The zero-order chi connectivity index (χ0) is 19.7. The van der Waals surface area contributed by atoms with Crippen molar-refractivity contribution in [1.29, 1.82) is 0 Å². The minimum atomic E-state index is -3.07. The van der Waals surface area contributed by atoms with Crippen LogP contribution in [0.3, 0.4) is 0 Å². The van der Waals surface area contributed by atoms with Crippen LogP contribution in [-0.4, -0.2) is 22.5 Å². The van der Waals surface area contributed by atoms with Gasteiger partial charge in [0.1, 0.15) is 16.1 Å². The summed E-state index contributed by atoms with van der Waals surface area (Å²) in [6.07, 6.45) is -0.892. The van der Waals surface area contributed by atoms with Gasteiger partial charge < -0.3 is 14.5 Å². The van der Waals surface area contributed by atoms with E-state index in [9.17, 15) is 18.4 Å². The zero-order valence-electron chi connectivity index (χ0n) is 14.7. The van der Waals surface area contributed by atoms with Gasteiger partial charge in [-0.3, -0.25) is 4.79 Å². The number of fused-ring (bicyclic) bond motifs is 1. The lowest BCUT2D eigenvalue weighted by atomic mass is 10.2. The van der Waals surface area contributed by atoms with E-state index in [1.165, 1.54) is 42.5 Å². The van der Waals surface area contributed by atoms with Gasteiger partial charge in [-0.05, 0) is 38.5 Å². The Kier molecular flexibility index (Phi) is 5.22. The maximum atomic E-state index is 12.5. The molecule has 1 atom stereocenters. The molecule has 0 aliphatic heterocycles. The molecule has 0 fully saturated rings. The summed E-state index contributed by atoms with van der Waals surface area (Å²) in [6.45, 7) is 2.20. The largest absolute Gasteiger partial charge is 0.451 e. The SMILES string of the molecule is Cc1sc2nc([C@H](C)OC(=O)c3ccccc3OC(F)F)[nH]c(=O)c2c1C. The van der Waals surface area contributed by atoms with Crippen LogP contribution < -0.4 is 10.3 Å². The minimum absolute atomic E-state index is 0.143. The van der Waals surface area contributed by atoms with Crippen molar-refractivity contribution in [3.8, 4) is 5.75 Å². The summed E-state index contributed by atoms with van der Waals surface area (Å²) in [5.41, 5.74) is 0.398. The lowest BCUT2D eigenvalue weighted by Crippen LogP contribution is -2.18. The van der Waals surface area contributed by atoms with Crippen molar-refractivity contribution >= 4 is 27.5 Å². The van der Waals surface area contributed by atoms with E-state index < -0.39 is 18.7 Å². The number of aromatic nitrogens is 2. The number of thiophene rings is 1. The molecule has 6 nitrogen and oxygen atoms in total. The second kappa shape index (κ2) is 7.43. The highest BCUT2D eigenvalue weighted by Crippen LogP contribution is 2.28. The van der Waals surface area contributed by atoms with Crippen LogP contribution in [-0.2, 0) is 4.74 Å². The number of carbonyl (C=O) groups is 1. The average Bonchev–Trinajstić information content (AvgIpc) is 2.89. The maximum absolute atomic E-state index is 12.5. The Morgan fingerprint density at radius 2 is 1.96 bits per heavy atom. The van der Waals surface area contributed by atoms with Crippen molar-refractivity contribution in [3.05, 3.63) is 56.4 Å². The Morgan fingerprint density at radius 1 is 1.26 bits per heavy atom. The number of H-pyrrole nitrogens is 1. The van der Waals surface area contributed by atoms with Crippen molar-refractivity contribution in [3.63, 3.8) is 0 Å². The number of halogens is 2. The fourth-order valence-corrected chi connectivity index (χ4v) is 3.61. The molecule has 0 unspecified atom stereocenters. The Morgan fingerprint density at radius 3 is 2.67 bits per heavy atom. The number of benzene rings is 1. The number of alkyl halides is 2. The Labute approximate surface area is 156 Å².